The summed E-state index contributed by atoms with van der Waals surface area (Å²) < 4.78 is 5.76. The molecule has 1 aliphatic carbocycles. The van der Waals surface area contributed by atoms with Crippen LogP contribution in [-0.4, -0.2) is 16.8 Å². The predicted octanol–water partition coefficient (Wildman–Crippen LogP) is 4.68. The summed E-state index contributed by atoms with van der Waals surface area (Å²) in [5, 5.41) is 18.5. The zero-order valence-corrected chi connectivity index (χ0v) is 13.7. The standard InChI is InChI=1S/C13H16O2.C7H8O/c1-8-5-13-11(6-12(8)14)10-4-2-3-9(10)7-15-13;1-6-2-4-7(8)5-3-6/h5-6,9-10,14H,2-4,7H2,1H3;2-5,8H,1H3. The van der Waals surface area contributed by atoms with Gasteiger partial charge in [0.05, 0.1) is 6.61 Å². The molecule has 1 heterocycles. The Morgan fingerprint density at radius 3 is 2.43 bits per heavy atom. The molecular weight excluding hydrogens is 288 g/mol. The maximum atomic E-state index is 9.74. The van der Waals surface area contributed by atoms with E-state index in [2.05, 4.69) is 0 Å². The van der Waals surface area contributed by atoms with E-state index >= 15 is 0 Å². The third-order valence-corrected chi connectivity index (χ3v) is 4.87. The van der Waals surface area contributed by atoms with E-state index in [0.717, 1.165) is 17.9 Å². The molecule has 0 bridgehead atoms. The van der Waals surface area contributed by atoms with Gasteiger partial charge in [-0.3, -0.25) is 0 Å². The molecule has 2 aromatic rings. The van der Waals surface area contributed by atoms with Gasteiger partial charge in [-0.1, -0.05) is 24.1 Å². The van der Waals surface area contributed by atoms with E-state index in [-0.39, 0.29) is 0 Å². The van der Waals surface area contributed by atoms with Gasteiger partial charge in [0.25, 0.3) is 0 Å². The number of aryl methyl sites for hydroxylation is 2. The summed E-state index contributed by atoms with van der Waals surface area (Å²) in [5.74, 6) is 3.04. The molecule has 1 saturated carbocycles. The highest BCUT2D eigenvalue weighted by molar-refractivity contribution is 5.48. The predicted molar refractivity (Wildman–Crippen MR) is 91.3 cm³/mol. The Kier molecular flexibility index (Phi) is 4.46. The van der Waals surface area contributed by atoms with Crippen LogP contribution in [0.4, 0.5) is 0 Å². The molecule has 3 nitrogen and oxygen atoms in total. The van der Waals surface area contributed by atoms with Crippen molar-refractivity contribution in [2.75, 3.05) is 6.61 Å². The number of hydrogen-bond donors (Lipinski definition) is 2. The van der Waals surface area contributed by atoms with Crippen LogP contribution in [-0.2, 0) is 0 Å². The number of fused-ring (bicyclic) bond motifs is 3. The Morgan fingerprint density at radius 1 is 1.00 bits per heavy atom. The van der Waals surface area contributed by atoms with Gasteiger partial charge in [0.1, 0.15) is 17.2 Å². The average molecular weight is 312 g/mol. The molecule has 0 aromatic heterocycles. The van der Waals surface area contributed by atoms with E-state index in [1.165, 1.54) is 30.4 Å². The molecule has 122 valence electrons. The molecule has 2 aliphatic rings. The van der Waals surface area contributed by atoms with E-state index in [9.17, 15) is 5.11 Å². The third-order valence-electron chi connectivity index (χ3n) is 4.87. The average Bonchev–Trinajstić information content (AvgIpc) is 3.01. The van der Waals surface area contributed by atoms with Crippen LogP contribution >= 0.6 is 0 Å². The number of benzene rings is 2. The molecule has 1 aliphatic heterocycles. The highest BCUT2D eigenvalue weighted by atomic mass is 16.5. The van der Waals surface area contributed by atoms with Crippen molar-refractivity contribution in [2.45, 2.75) is 39.0 Å². The van der Waals surface area contributed by atoms with Crippen molar-refractivity contribution in [1.82, 2.24) is 0 Å². The Labute approximate surface area is 137 Å². The lowest BCUT2D eigenvalue weighted by Crippen LogP contribution is -2.21. The Morgan fingerprint density at radius 2 is 1.74 bits per heavy atom. The van der Waals surface area contributed by atoms with E-state index in [0.29, 0.717) is 23.3 Å². The van der Waals surface area contributed by atoms with Crippen molar-refractivity contribution < 1.29 is 14.9 Å². The number of phenolic OH excluding ortho intramolecular Hbond substituents is 2. The fourth-order valence-electron chi connectivity index (χ4n) is 3.49. The summed E-state index contributed by atoms with van der Waals surface area (Å²) in [5.41, 5.74) is 3.31. The maximum Gasteiger partial charge on any atom is 0.123 e. The van der Waals surface area contributed by atoms with Crippen molar-refractivity contribution in [3.8, 4) is 17.2 Å². The number of phenols is 2. The minimum atomic E-state index is 0.329. The Hall–Kier alpha value is -2.16. The normalized spacial score (nSPS) is 21.5. The third kappa shape index (κ3) is 3.44. The first-order valence-electron chi connectivity index (χ1n) is 8.26. The first-order chi connectivity index (χ1) is 11.0. The van der Waals surface area contributed by atoms with Crippen LogP contribution in [0.5, 0.6) is 17.2 Å². The number of ether oxygens (including phenoxy) is 1. The minimum absolute atomic E-state index is 0.329. The van der Waals surface area contributed by atoms with Crippen molar-refractivity contribution >= 4 is 0 Å². The van der Waals surface area contributed by atoms with Crippen molar-refractivity contribution in [2.24, 2.45) is 5.92 Å². The smallest absolute Gasteiger partial charge is 0.123 e. The number of aromatic hydroxyl groups is 2. The van der Waals surface area contributed by atoms with E-state index < -0.39 is 0 Å². The van der Waals surface area contributed by atoms with Gasteiger partial charge in [0.2, 0.25) is 0 Å². The molecule has 2 unspecified atom stereocenters. The molecular formula is C20H24O3. The zero-order valence-electron chi connectivity index (χ0n) is 13.7. The minimum Gasteiger partial charge on any atom is -0.508 e. The van der Waals surface area contributed by atoms with E-state index in [1.54, 1.807) is 12.1 Å². The Bertz CT molecular complexity index is 655. The topological polar surface area (TPSA) is 49.7 Å². The zero-order chi connectivity index (χ0) is 16.4. The monoisotopic (exact) mass is 312 g/mol. The van der Waals surface area contributed by atoms with E-state index in [4.69, 9.17) is 9.84 Å². The van der Waals surface area contributed by atoms with Gasteiger partial charge in [0, 0.05) is 5.56 Å². The highest BCUT2D eigenvalue weighted by Gasteiger charge is 2.35. The summed E-state index contributed by atoms with van der Waals surface area (Å²) in [4.78, 5) is 0. The van der Waals surface area contributed by atoms with Crippen LogP contribution < -0.4 is 4.74 Å². The first-order valence-corrected chi connectivity index (χ1v) is 8.26. The molecule has 0 amide bonds. The van der Waals surface area contributed by atoms with Crippen LogP contribution in [0.2, 0.25) is 0 Å². The van der Waals surface area contributed by atoms with Crippen molar-refractivity contribution in [3.63, 3.8) is 0 Å². The van der Waals surface area contributed by atoms with Gasteiger partial charge in [0.15, 0.2) is 0 Å². The molecule has 0 saturated heterocycles. The maximum absolute atomic E-state index is 9.74. The fraction of sp³-hybridized carbons (Fsp3) is 0.400. The first kappa shape index (κ1) is 15.7. The van der Waals surface area contributed by atoms with Crippen molar-refractivity contribution in [1.29, 1.82) is 0 Å². The summed E-state index contributed by atoms with van der Waals surface area (Å²) in [6.45, 7) is 4.76. The van der Waals surface area contributed by atoms with Gasteiger partial charge in [-0.15, -0.1) is 0 Å². The summed E-state index contributed by atoms with van der Waals surface area (Å²) in [7, 11) is 0. The van der Waals surface area contributed by atoms with Crippen LogP contribution in [0.15, 0.2) is 36.4 Å². The van der Waals surface area contributed by atoms with Crippen molar-refractivity contribution in [3.05, 3.63) is 53.1 Å². The van der Waals surface area contributed by atoms with Crippen LogP contribution in [0.1, 0.15) is 41.9 Å². The number of hydrogen-bond acceptors (Lipinski definition) is 3. The molecule has 0 radical (unpaired) electrons. The largest absolute Gasteiger partial charge is 0.508 e. The molecule has 2 atom stereocenters. The van der Waals surface area contributed by atoms with Gasteiger partial charge >= 0.3 is 0 Å². The van der Waals surface area contributed by atoms with Gasteiger partial charge < -0.3 is 14.9 Å². The summed E-state index contributed by atoms with van der Waals surface area (Å²) in [6.07, 6.45) is 3.83. The van der Waals surface area contributed by atoms with Gasteiger partial charge in [-0.05, 0) is 68.4 Å². The highest BCUT2D eigenvalue weighted by Crippen LogP contribution is 2.47. The van der Waals surface area contributed by atoms with Gasteiger partial charge in [-0.25, -0.2) is 0 Å². The lowest BCUT2D eigenvalue weighted by atomic mass is 9.86. The second-order valence-corrected chi connectivity index (χ2v) is 6.62. The lowest BCUT2D eigenvalue weighted by molar-refractivity contribution is 0.209. The second-order valence-electron chi connectivity index (χ2n) is 6.62. The van der Waals surface area contributed by atoms with Crippen LogP contribution in [0.3, 0.4) is 0 Å². The molecule has 3 heteroatoms. The molecule has 2 aromatic carbocycles. The van der Waals surface area contributed by atoms with Gasteiger partial charge in [-0.2, -0.15) is 0 Å². The molecule has 4 rings (SSSR count). The Balaban J connectivity index is 0.000000166. The fourth-order valence-corrected chi connectivity index (χ4v) is 3.49. The summed E-state index contributed by atoms with van der Waals surface area (Å²) >= 11 is 0. The SMILES string of the molecule is Cc1cc2c(cc1O)C1CCCC1CO2.Cc1ccc(O)cc1. The molecule has 2 N–H and O–H groups in total. The van der Waals surface area contributed by atoms with Crippen LogP contribution in [0, 0.1) is 19.8 Å². The lowest BCUT2D eigenvalue weighted by Gasteiger charge is -2.29. The van der Waals surface area contributed by atoms with E-state index in [1.807, 2.05) is 38.1 Å². The quantitative estimate of drug-likeness (QED) is 0.742. The second kappa shape index (κ2) is 6.53. The molecule has 23 heavy (non-hydrogen) atoms. The summed E-state index contributed by atoms with van der Waals surface area (Å²) in [6, 6.07) is 11.0. The molecule has 1 fully saturated rings. The van der Waals surface area contributed by atoms with Crippen LogP contribution in [0.25, 0.3) is 0 Å². The number of rotatable bonds is 0. The molecule has 0 spiro atoms.